The van der Waals surface area contributed by atoms with Crippen molar-refractivity contribution >= 4 is 22.1 Å². The molecule has 1 unspecified atom stereocenters. The van der Waals surface area contributed by atoms with Crippen molar-refractivity contribution in [1.29, 1.82) is 0 Å². The highest BCUT2D eigenvalue weighted by Crippen LogP contribution is 2.26. The van der Waals surface area contributed by atoms with E-state index in [1.807, 2.05) is 36.6 Å². The second-order valence-electron chi connectivity index (χ2n) is 4.65. The minimum Gasteiger partial charge on any atom is -0.388 e. The van der Waals surface area contributed by atoms with Crippen molar-refractivity contribution in [3.05, 3.63) is 64.1 Å². The van der Waals surface area contributed by atoms with Gasteiger partial charge in [0.15, 0.2) is 0 Å². The minimum absolute atomic E-state index is 0.507. The first-order chi connectivity index (χ1) is 9.24. The maximum Gasteiger partial charge on any atom is 0.0897 e. The van der Waals surface area contributed by atoms with Crippen LogP contribution >= 0.6 is 11.3 Å². The number of rotatable bonds is 3. The molecule has 0 amide bonds. The van der Waals surface area contributed by atoms with Gasteiger partial charge in [-0.25, -0.2) is 4.98 Å². The van der Waals surface area contributed by atoms with Crippen LogP contribution in [0.2, 0.25) is 0 Å². The van der Waals surface area contributed by atoms with Crippen LogP contribution < -0.4 is 0 Å². The van der Waals surface area contributed by atoms with Crippen molar-refractivity contribution in [3.8, 4) is 0 Å². The number of aryl methyl sites for hydroxylation is 1. The molecule has 0 aliphatic heterocycles. The van der Waals surface area contributed by atoms with Crippen LogP contribution in [0.15, 0.2) is 47.8 Å². The van der Waals surface area contributed by atoms with E-state index in [2.05, 4.69) is 23.2 Å². The van der Waals surface area contributed by atoms with E-state index in [0.717, 1.165) is 27.0 Å². The Morgan fingerprint density at radius 3 is 2.74 bits per heavy atom. The van der Waals surface area contributed by atoms with Gasteiger partial charge >= 0.3 is 0 Å². The smallest absolute Gasteiger partial charge is 0.0897 e. The Morgan fingerprint density at radius 2 is 1.95 bits per heavy atom. The van der Waals surface area contributed by atoms with E-state index < -0.39 is 6.10 Å². The van der Waals surface area contributed by atoms with Gasteiger partial charge in [0, 0.05) is 11.8 Å². The molecule has 0 aliphatic rings. The number of aromatic nitrogens is 1. The van der Waals surface area contributed by atoms with E-state index in [9.17, 15) is 5.11 Å². The lowest BCUT2D eigenvalue weighted by atomic mass is 9.98. The molecule has 96 valence electrons. The quantitative estimate of drug-likeness (QED) is 0.782. The second kappa shape index (κ2) is 5.11. The molecule has 3 heteroatoms. The summed E-state index contributed by atoms with van der Waals surface area (Å²) in [6, 6.07) is 14.2. The van der Waals surface area contributed by atoms with Crippen molar-refractivity contribution in [1.82, 2.24) is 4.98 Å². The van der Waals surface area contributed by atoms with E-state index in [4.69, 9.17) is 0 Å². The van der Waals surface area contributed by atoms with Crippen molar-refractivity contribution in [2.75, 3.05) is 0 Å². The lowest BCUT2D eigenvalue weighted by Gasteiger charge is -2.12. The van der Waals surface area contributed by atoms with Gasteiger partial charge in [0.25, 0.3) is 0 Å². The molecule has 0 aliphatic carbocycles. The van der Waals surface area contributed by atoms with Crippen LogP contribution in [0.3, 0.4) is 0 Å². The van der Waals surface area contributed by atoms with Gasteiger partial charge in [-0.15, -0.1) is 11.3 Å². The molecule has 2 nitrogen and oxygen atoms in total. The van der Waals surface area contributed by atoms with Gasteiger partial charge in [0.05, 0.1) is 16.8 Å². The predicted octanol–water partition coefficient (Wildman–Crippen LogP) is 3.88. The SMILES string of the molecule is Cc1nc(CC(O)c2cccc3ccccc23)cs1. The van der Waals surface area contributed by atoms with Crippen LogP contribution in [-0.4, -0.2) is 10.1 Å². The topological polar surface area (TPSA) is 33.1 Å². The summed E-state index contributed by atoms with van der Waals surface area (Å²) < 4.78 is 0. The number of hydrogen-bond acceptors (Lipinski definition) is 3. The Labute approximate surface area is 116 Å². The monoisotopic (exact) mass is 269 g/mol. The maximum absolute atomic E-state index is 10.4. The zero-order valence-electron chi connectivity index (χ0n) is 10.7. The Balaban J connectivity index is 1.95. The standard InChI is InChI=1S/C16H15NOS/c1-11-17-13(10-19-11)9-16(18)15-8-4-6-12-5-2-3-7-14(12)15/h2-8,10,16,18H,9H2,1H3. The molecule has 1 aromatic heterocycles. The van der Waals surface area contributed by atoms with Gasteiger partial charge in [-0.2, -0.15) is 0 Å². The highest BCUT2D eigenvalue weighted by Gasteiger charge is 2.13. The highest BCUT2D eigenvalue weighted by atomic mass is 32.1. The molecular weight excluding hydrogens is 254 g/mol. The third-order valence-corrected chi connectivity index (χ3v) is 4.07. The summed E-state index contributed by atoms with van der Waals surface area (Å²) in [4.78, 5) is 4.41. The van der Waals surface area contributed by atoms with Crippen LogP contribution in [0, 0.1) is 6.92 Å². The molecule has 0 saturated carbocycles. The Bertz CT molecular complexity index is 699. The second-order valence-corrected chi connectivity index (χ2v) is 5.71. The first kappa shape index (κ1) is 12.3. The lowest BCUT2D eigenvalue weighted by Crippen LogP contribution is -2.03. The third kappa shape index (κ3) is 2.53. The van der Waals surface area contributed by atoms with Gasteiger partial charge in [-0.1, -0.05) is 42.5 Å². The van der Waals surface area contributed by atoms with E-state index in [1.165, 1.54) is 0 Å². The molecule has 0 saturated heterocycles. The zero-order valence-corrected chi connectivity index (χ0v) is 11.5. The molecule has 1 N–H and O–H groups in total. The summed E-state index contributed by atoms with van der Waals surface area (Å²) in [5, 5.41) is 15.8. The van der Waals surface area contributed by atoms with Crippen LogP contribution in [0.5, 0.6) is 0 Å². The third-order valence-electron chi connectivity index (χ3n) is 3.25. The molecule has 19 heavy (non-hydrogen) atoms. The van der Waals surface area contributed by atoms with Gasteiger partial charge < -0.3 is 5.11 Å². The molecule has 3 rings (SSSR count). The van der Waals surface area contributed by atoms with E-state index >= 15 is 0 Å². The number of nitrogens with zero attached hydrogens (tertiary/aromatic N) is 1. The molecule has 0 spiro atoms. The minimum atomic E-state index is -0.507. The van der Waals surface area contributed by atoms with Crippen molar-refractivity contribution < 1.29 is 5.11 Å². The van der Waals surface area contributed by atoms with E-state index in [0.29, 0.717) is 6.42 Å². The molecule has 0 bridgehead atoms. The number of benzene rings is 2. The van der Waals surface area contributed by atoms with Crippen LogP contribution in [0.25, 0.3) is 10.8 Å². The fraction of sp³-hybridized carbons (Fsp3) is 0.188. The first-order valence-electron chi connectivity index (χ1n) is 6.31. The Hall–Kier alpha value is -1.71. The van der Waals surface area contributed by atoms with E-state index in [-0.39, 0.29) is 0 Å². The zero-order chi connectivity index (χ0) is 13.2. The predicted molar refractivity (Wildman–Crippen MR) is 79.5 cm³/mol. The van der Waals surface area contributed by atoms with Crippen molar-refractivity contribution in [3.63, 3.8) is 0 Å². The fourth-order valence-corrected chi connectivity index (χ4v) is 2.98. The molecule has 1 heterocycles. The average molecular weight is 269 g/mol. The van der Waals surface area contributed by atoms with Crippen LogP contribution in [-0.2, 0) is 6.42 Å². The van der Waals surface area contributed by atoms with Gasteiger partial charge in [0.2, 0.25) is 0 Å². The molecule has 0 fully saturated rings. The summed E-state index contributed by atoms with van der Waals surface area (Å²) in [5.41, 5.74) is 1.94. The Kier molecular flexibility index (Phi) is 3.32. The summed E-state index contributed by atoms with van der Waals surface area (Å²) in [5.74, 6) is 0. The summed E-state index contributed by atoms with van der Waals surface area (Å²) in [6.45, 7) is 1.98. The molecule has 3 aromatic rings. The molecule has 2 aromatic carbocycles. The largest absolute Gasteiger partial charge is 0.388 e. The van der Waals surface area contributed by atoms with E-state index in [1.54, 1.807) is 11.3 Å². The molecule has 1 atom stereocenters. The number of aliphatic hydroxyl groups is 1. The summed E-state index contributed by atoms with van der Waals surface area (Å²) in [7, 11) is 0. The van der Waals surface area contributed by atoms with Crippen molar-refractivity contribution in [2.24, 2.45) is 0 Å². The van der Waals surface area contributed by atoms with Gasteiger partial charge in [-0.05, 0) is 23.3 Å². The number of fused-ring (bicyclic) bond motifs is 1. The van der Waals surface area contributed by atoms with Crippen molar-refractivity contribution in [2.45, 2.75) is 19.4 Å². The Morgan fingerprint density at radius 1 is 1.16 bits per heavy atom. The summed E-state index contributed by atoms with van der Waals surface area (Å²) in [6.07, 6.45) is 0.0610. The number of hydrogen-bond donors (Lipinski definition) is 1. The number of aliphatic hydroxyl groups excluding tert-OH is 1. The van der Waals surface area contributed by atoms with Crippen LogP contribution in [0.1, 0.15) is 22.4 Å². The fourth-order valence-electron chi connectivity index (χ4n) is 2.35. The molecular formula is C16H15NOS. The van der Waals surface area contributed by atoms with Gasteiger partial charge in [0.1, 0.15) is 0 Å². The van der Waals surface area contributed by atoms with Gasteiger partial charge in [-0.3, -0.25) is 0 Å². The lowest BCUT2D eigenvalue weighted by molar-refractivity contribution is 0.179. The summed E-state index contributed by atoms with van der Waals surface area (Å²) >= 11 is 1.62. The average Bonchev–Trinajstić information content (AvgIpc) is 2.83. The maximum atomic E-state index is 10.4. The van der Waals surface area contributed by atoms with Crippen LogP contribution in [0.4, 0.5) is 0 Å². The first-order valence-corrected chi connectivity index (χ1v) is 7.19. The normalized spacial score (nSPS) is 12.7. The molecule has 0 radical (unpaired) electrons. The highest BCUT2D eigenvalue weighted by molar-refractivity contribution is 7.09. The number of thiazole rings is 1.